The molecule has 1 aliphatic heterocycles. The number of urea groups is 1. The third-order valence-corrected chi connectivity index (χ3v) is 4.79. The molecule has 2 aromatic rings. The summed E-state index contributed by atoms with van der Waals surface area (Å²) in [7, 11) is 0. The van der Waals surface area contributed by atoms with Crippen molar-refractivity contribution >= 4 is 11.7 Å². The summed E-state index contributed by atoms with van der Waals surface area (Å²) in [5.74, 6) is 0. The summed E-state index contributed by atoms with van der Waals surface area (Å²) in [6, 6.07) is 10.5. The van der Waals surface area contributed by atoms with E-state index in [2.05, 4.69) is 48.9 Å². The van der Waals surface area contributed by atoms with Crippen molar-refractivity contribution in [2.45, 2.75) is 46.7 Å². The third kappa shape index (κ3) is 2.85. The van der Waals surface area contributed by atoms with Crippen LogP contribution in [-0.4, -0.2) is 22.0 Å². The number of hydrogen-bond acceptors (Lipinski definition) is 1. The van der Waals surface area contributed by atoms with Crippen molar-refractivity contribution in [3.63, 3.8) is 0 Å². The van der Waals surface area contributed by atoms with Gasteiger partial charge >= 0.3 is 6.03 Å². The fourth-order valence-corrected chi connectivity index (χ4v) is 3.52. The molecule has 4 heteroatoms. The van der Waals surface area contributed by atoms with Crippen LogP contribution in [0.4, 0.5) is 10.5 Å². The number of nitrogens with one attached hydrogen (secondary N) is 1. The first-order chi connectivity index (χ1) is 11.0. The summed E-state index contributed by atoms with van der Waals surface area (Å²) in [4.78, 5) is 14.8. The largest absolute Gasteiger partial charge is 0.345 e. The Bertz CT molecular complexity index is 732. The second kappa shape index (κ2) is 6.11. The van der Waals surface area contributed by atoms with E-state index in [0.29, 0.717) is 0 Å². The third-order valence-electron chi connectivity index (χ3n) is 4.79. The van der Waals surface area contributed by atoms with E-state index in [0.717, 1.165) is 30.8 Å². The molecule has 2 heterocycles. The second-order valence-corrected chi connectivity index (χ2v) is 6.42. The number of nitrogens with zero attached hydrogens (tertiary/aromatic N) is 2. The summed E-state index contributed by atoms with van der Waals surface area (Å²) in [5, 5.41) is 3.09. The van der Waals surface area contributed by atoms with E-state index in [-0.39, 0.29) is 12.1 Å². The van der Waals surface area contributed by atoms with E-state index in [1.807, 2.05) is 24.0 Å². The molecule has 0 aliphatic carbocycles. The van der Waals surface area contributed by atoms with Gasteiger partial charge in [-0.2, -0.15) is 0 Å². The Hall–Kier alpha value is -2.23. The molecule has 0 saturated carbocycles. The molecule has 1 atom stereocenters. The number of carbonyl (C=O) groups excluding carboxylic acids is 1. The monoisotopic (exact) mass is 311 g/mol. The van der Waals surface area contributed by atoms with Crippen molar-refractivity contribution in [1.82, 2.24) is 9.47 Å². The Morgan fingerprint density at radius 3 is 2.65 bits per heavy atom. The van der Waals surface area contributed by atoms with Gasteiger partial charge in [-0.3, -0.25) is 0 Å². The minimum absolute atomic E-state index is 0.00564. The molecule has 122 valence electrons. The Morgan fingerprint density at radius 2 is 1.96 bits per heavy atom. The average Bonchev–Trinajstić information content (AvgIpc) is 2.90. The van der Waals surface area contributed by atoms with Crippen LogP contribution in [0.15, 0.2) is 30.3 Å². The van der Waals surface area contributed by atoms with Crippen LogP contribution >= 0.6 is 0 Å². The smallest absolute Gasteiger partial charge is 0.322 e. The molecule has 0 bridgehead atoms. The van der Waals surface area contributed by atoms with Gasteiger partial charge < -0.3 is 14.8 Å². The minimum atomic E-state index is -0.00564. The first-order valence-corrected chi connectivity index (χ1v) is 8.32. The fraction of sp³-hybridized carbons (Fsp3) is 0.421. The number of fused-ring (bicyclic) bond motifs is 1. The molecule has 1 aromatic carbocycles. The maximum Gasteiger partial charge on any atom is 0.322 e. The number of aryl methyl sites for hydroxylation is 3. The summed E-state index contributed by atoms with van der Waals surface area (Å²) >= 11 is 0. The lowest BCUT2D eigenvalue weighted by Crippen LogP contribution is -2.44. The molecular formula is C19H25N3O. The van der Waals surface area contributed by atoms with Crippen LogP contribution < -0.4 is 5.32 Å². The maximum atomic E-state index is 12.8. The highest BCUT2D eigenvalue weighted by Gasteiger charge is 2.30. The molecule has 3 rings (SSSR count). The summed E-state index contributed by atoms with van der Waals surface area (Å²) in [6.45, 7) is 9.97. The number of aromatic nitrogens is 1. The maximum absolute atomic E-state index is 12.8. The van der Waals surface area contributed by atoms with Gasteiger partial charge in [0, 0.05) is 30.2 Å². The molecule has 0 fully saturated rings. The highest BCUT2D eigenvalue weighted by Crippen LogP contribution is 2.31. The molecule has 0 radical (unpaired) electrons. The first kappa shape index (κ1) is 15.7. The number of carbonyl (C=O) groups is 1. The van der Waals surface area contributed by atoms with Crippen LogP contribution in [0.3, 0.4) is 0 Å². The second-order valence-electron chi connectivity index (χ2n) is 6.42. The van der Waals surface area contributed by atoms with Crippen molar-refractivity contribution < 1.29 is 4.79 Å². The predicted molar refractivity (Wildman–Crippen MR) is 93.8 cm³/mol. The number of rotatable bonds is 2. The molecule has 1 aromatic heterocycles. The lowest BCUT2D eigenvalue weighted by atomic mass is 10.1. The first-order valence-electron chi connectivity index (χ1n) is 8.32. The zero-order valence-electron chi connectivity index (χ0n) is 14.4. The molecule has 1 unspecified atom stereocenters. The normalized spacial score (nSPS) is 17.0. The minimum Gasteiger partial charge on any atom is -0.345 e. The van der Waals surface area contributed by atoms with Crippen LogP contribution in [0.1, 0.15) is 41.9 Å². The van der Waals surface area contributed by atoms with Crippen LogP contribution in [0.5, 0.6) is 0 Å². The van der Waals surface area contributed by atoms with Crippen molar-refractivity contribution in [3.05, 3.63) is 52.8 Å². The Labute approximate surface area is 138 Å². The molecule has 1 aliphatic rings. The van der Waals surface area contributed by atoms with E-state index in [9.17, 15) is 4.79 Å². The van der Waals surface area contributed by atoms with Crippen LogP contribution in [0.2, 0.25) is 0 Å². The van der Waals surface area contributed by atoms with Gasteiger partial charge in [0.15, 0.2) is 0 Å². The van der Waals surface area contributed by atoms with E-state index in [1.165, 1.54) is 17.0 Å². The fourth-order valence-electron chi connectivity index (χ4n) is 3.52. The standard InChI is InChI=1S/C19H25N3O/c1-5-17-18-9-7-15(4)21(18)10-11-22(17)19(23)20-16-8-6-13(2)12-14(16)3/h6-9,12,17H,5,10-11H2,1-4H3,(H,20,23). The average molecular weight is 311 g/mol. The summed E-state index contributed by atoms with van der Waals surface area (Å²) in [5.41, 5.74) is 5.72. The quantitative estimate of drug-likeness (QED) is 0.876. The van der Waals surface area contributed by atoms with Gasteiger partial charge in [0.2, 0.25) is 0 Å². The molecule has 1 N–H and O–H groups in total. The van der Waals surface area contributed by atoms with E-state index in [4.69, 9.17) is 0 Å². The molecule has 4 nitrogen and oxygen atoms in total. The van der Waals surface area contributed by atoms with Crippen LogP contribution in [-0.2, 0) is 6.54 Å². The van der Waals surface area contributed by atoms with Crippen molar-refractivity contribution in [2.75, 3.05) is 11.9 Å². The lowest BCUT2D eigenvalue weighted by Gasteiger charge is -2.37. The van der Waals surface area contributed by atoms with Gasteiger partial charge in [0.25, 0.3) is 0 Å². The number of hydrogen-bond donors (Lipinski definition) is 1. The number of anilines is 1. The van der Waals surface area contributed by atoms with Crippen LogP contribution in [0, 0.1) is 20.8 Å². The van der Waals surface area contributed by atoms with E-state index in [1.54, 1.807) is 0 Å². The summed E-state index contributed by atoms with van der Waals surface area (Å²) < 4.78 is 2.33. The molecule has 2 amide bonds. The zero-order chi connectivity index (χ0) is 16.6. The number of amides is 2. The summed E-state index contributed by atoms with van der Waals surface area (Å²) in [6.07, 6.45) is 0.920. The van der Waals surface area contributed by atoms with Crippen molar-refractivity contribution in [3.8, 4) is 0 Å². The predicted octanol–water partition coefficient (Wildman–Crippen LogP) is 4.41. The van der Waals surface area contributed by atoms with Gasteiger partial charge in [0.1, 0.15) is 0 Å². The van der Waals surface area contributed by atoms with Gasteiger partial charge in [-0.1, -0.05) is 24.6 Å². The van der Waals surface area contributed by atoms with Gasteiger partial charge in [0.05, 0.1) is 6.04 Å². The van der Waals surface area contributed by atoms with Gasteiger partial charge in [-0.25, -0.2) is 4.79 Å². The van der Waals surface area contributed by atoms with Gasteiger partial charge in [-0.15, -0.1) is 0 Å². The molecule has 23 heavy (non-hydrogen) atoms. The SMILES string of the molecule is CCC1c2ccc(C)n2CCN1C(=O)Nc1ccc(C)cc1C. The van der Waals surface area contributed by atoms with Crippen LogP contribution in [0.25, 0.3) is 0 Å². The van der Waals surface area contributed by atoms with E-state index >= 15 is 0 Å². The van der Waals surface area contributed by atoms with E-state index < -0.39 is 0 Å². The highest BCUT2D eigenvalue weighted by molar-refractivity contribution is 5.90. The molecule has 0 spiro atoms. The number of benzene rings is 1. The van der Waals surface area contributed by atoms with Gasteiger partial charge in [-0.05, 0) is 51.0 Å². The Balaban J connectivity index is 1.82. The zero-order valence-corrected chi connectivity index (χ0v) is 14.4. The lowest BCUT2D eigenvalue weighted by molar-refractivity contribution is 0.165. The highest BCUT2D eigenvalue weighted by atomic mass is 16.2. The topological polar surface area (TPSA) is 37.3 Å². The van der Waals surface area contributed by atoms with Crippen molar-refractivity contribution in [2.24, 2.45) is 0 Å². The Kier molecular flexibility index (Phi) is 4.16. The molecular weight excluding hydrogens is 286 g/mol. The van der Waals surface area contributed by atoms with Crippen molar-refractivity contribution in [1.29, 1.82) is 0 Å². The Morgan fingerprint density at radius 1 is 1.17 bits per heavy atom. The molecule has 0 saturated heterocycles.